The van der Waals surface area contributed by atoms with Crippen molar-refractivity contribution in [3.63, 3.8) is 0 Å². The predicted molar refractivity (Wildman–Crippen MR) is 106 cm³/mol. The standard InChI is InChI=1S/C22H22N2O6/c1-13-8-21(30-23-13)22(26)28-12-18(25)17-9-14(2)24(15(17)3)10-16-11-27-19-6-4-5-7-20(19)29-16/h4-9,16H,10-12H2,1-3H3. The van der Waals surface area contributed by atoms with Crippen molar-refractivity contribution in [2.24, 2.45) is 0 Å². The SMILES string of the molecule is Cc1cc(C(=O)OCC(=O)c2cc(C)n(CC3COc4ccccc4O3)c2C)on1. The molecule has 0 amide bonds. The van der Waals surface area contributed by atoms with Gasteiger partial charge in [0.2, 0.25) is 11.5 Å². The third-order valence-corrected chi connectivity index (χ3v) is 4.99. The molecule has 8 nitrogen and oxygen atoms in total. The number of nitrogens with zero attached hydrogens (tertiary/aromatic N) is 2. The van der Waals surface area contributed by atoms with Crippen LogP contribution in [0.5, 0.6) is 11.5 Å². The third kappa shape index (κ3) is 3.94. The van der Waals surface area contributed by atoms with E-state index in [1.54, 1.807) is 13.0 Å². The van der Waals surface area contributed by atoms with E-state index in [2.05, 4.69) is 5.16 Å². The maximum absolute atomic E-state index is 12.6. The molecular weight excluding hydrogens is 388 g/mol. The highest BCUT2D eigenvalue weighted by Gasteiger charge is 2.24. The molecule has 0 aliphatic carbocycles. The lowest BCUT2D eigenvalue weighted by molar-refractivity contribution is 0.0435. The van der Waals surface area contributed by atoms with E-state index < -0.39 is 5.97 Å². The summed E-state index contributed by atoms with van der Waals surface area (Å²) >= 11 is 0. The highest BCUT2D eigenvalue weighted by Crippen LogP contribution is 2.31. The quantitative estimate of drug-likeness (QED) is 0.455. The molecule has 1 aromatic carbocycles. The van der Waals surface area contributed by atoms with Gasteiger partial charge in [0.15, 0.2) is 24.2 Å². The van der Waals surface area contributed by atoms with Crippen LogP contribution in [0.1, 0.15) is 38.0 Å². The Morgan fingerprint density at radius 1 is 1.17 bits per heavy atom. The fourth-order valence-electron chi connectivity index (χ4n) is 3.46. The number of esters is 1. The number of Topliss-reactive ketones (excluding diaryl/α,β-unsaturated/α-hetero) is 1. The van der Waals surface area contributed by atoms with Crippen LogP contribution in [0.15, 0.2) is 40.9 Å². The minimum Gasteiger partial charge on any atom is -0.486 e. The van der Waals surface area contributed by atoms with E-state index in [-0.39, 0.29) is 24.3 Å². The number of rotatable bonds is 6. The summed E-state index contributed by atoms with van der Waals surface area (Å²) in [5.41, 5.74) is 2.77. The number of aromatic nitrogens is 2. The van der Waals surface area contributed by atoms with Crippen LogP contribution >= 0.6 is 0 Å². The second-order valence-electron chi connectivity index (χ2n) is 7.22. The number of hydrogen-bond acceptors (Lipinski definition) is 7. The molecule has 0 bridgehead atoms. The van der Waals surface area contributed by atoms with Gasteiger partial charge in [-0.25, -0.2) is 4.79 Å². The summed E-state index contributed by atoms with van der Waals surface area (Å²) in [5.74, 6) is 0.409. The lowest BCUT2D eigenvalue weighted by atomic mass is 10.1. The van der Waals surface area contributed by atoms with Crippen molar-refractivity contribution in [1.82, 2.24) is 9.72 Å². The highest BCUT2D eigenvalue weighted by atomic mass is 16.6. The van der Waals surface area contributed by atoms with Crippen molar-refractivity contribution in [3.8, 4) is 11.5 Å². The molecule has 0 radical (unpaired) electrons. The molecule has 1 unspecified atom stereocenters. The van der Waals surface area contributed by atoms with Gasteiger partial charge in [-0.05, 0) is 39.0 Å². The van der Waals surface area contributed by atoms with Crippen LogP contribution < -0.4 is 9.47 Å². The molecule has 1 atom stereocenters. The van der Waals surface area contributed by atoms with Crippen molar-refractivity contribution < 1.29 is 28.3 Å². The van der Waals surface area contributed by atoms with Crippen molar-refractivity contribution >= 4 is 11.8 Å². The Hall–Kier alpha value is -3.55. The first kappa shape index (κ1) is 19.8. The van der Waals surface area contributed by atoms with E-state index in [0.717, 1.165) is 17.1 Å². The second-order valence-corrected chi connectivity index (χ2v) is 7.22. The molecule has 0 fully saturated rings. The van der Waals surface area contributed by atoms with E-state index in [1.807, 2.05) is 42.7 Å². The molecule has 0 spiro atoms. The molecule has 3 aromatic rings. The van der Waals surface area contributed by atoms with Crippen LogP contribution in [0, 0.1) is 20.8 Å². The molecule has 156 valence electrons. The van der Waals surface area contributed by atoms with Gasteiger partial charge in [-0.3, -0.25) is 4.79 Å². The van der Waals surface area contributed by atoms with Crippen LogP contribution in [-0.4, -0.2) is 40.8 Å². The summed E-state index contributed by atoms with van der Waals surface area (Å²) in [7, 11) is 0. The average molecular weight is 410 g/mol. The van der Waals surface area contributed by atoms with Crippen LogP contribution in [0.2, 0.25) is 0 Å². The zero-order valence-corrected chi connectivity index (χ0v) is 17.0. The normalized spacial score (nSPS) is 15.1. The van der Waals surface area contributed by atoms with Crippen LogP contribution in [0.4, 0.5) is 0 Å². The Balaban J connectivity index is 1.42. The molecule has 0 saturated heterocycles. The Morgan fingerprint density at radius 2 is 1.93 bits per heavy atom. The molecule has 0 saturated carbocycles. The first-order chi connectivity index (χ1) is 14.4. The molecule has 30 heavy (non-hydrogen) atoms. The Morgan fingerprint density at radius 3 is 2.67 bits per heavy atom. The molecule has 8 heteroatoms. The van der Waals surface area contributed by atoms with E-state index in [4.69, 9.17) is 18.7 Å². The number of ether oxygens (including phenoxy) is 3. The first-order valence-electron chi connectivity index (χ1n) is 9.61. The minimum absolute atomic E-state index is 0.0273. The summed E-state index contributed by atoms with van der Waals surface area (Å²) in [5, 5.41) is 3.64. The fourth-order valence-corrected chi connectivity index (χ4v) is 3.46. The number of para-hydroxylation sites is 2. The van der Waals surface area contributed by atoms with Crippen molar-refractivity contribution in [1.29, 1.82) is 0 Å². The van der Waals surface area contributed by atoms with Gasteiger partial charge in [-0.1, -0.05) is 17.3 Å². The lowest BCUT2D eigenvalue weighted by Gasteiger charge is -2.27. The maximum Gasteiger partial charge on any atom is 0.377 e. The summed E-state index contributed by atoms with van der Waals surface area (Å²) in [6.45, 7) is 6.06. The van der Waals surface area contributed by atoms with Gasteiger partial charge < -0.3 is 23.3 Å². The number of carbonyl (C=O) groups is 2. The first-order valence-corrected chi connectivity index (χ1v) is 9.61. The molecule has 1 aliphatic rings. The second kappa shape index (κ2) is 8.06. The molecule has 2 aromatic heterocycles. The Bertz CT molecular complexity index is 1100. The number of benzene rings is 1. The molecular formula is C22H22N2O6. The maximum atomic E-state index is 12.6. The Kier molecular flexibility index (Phi) is 5.31. The summed E-state index contributed by atoms with van der Waals surface area (Å²) in [6.07, 6.45) is -0.180. The molecule has 3 heterocycles. The number of hydrogen-bond donors (Lipinski definition) is 0. The zero-order valence-electron chi connectivity index (χ0n) is 17.0. The van der Waals surface area contributed by atoms with Gasteiger partial charge in [-0.2, -0.15) is 0 Å². The van der Waals surface area contributed by atoms with Crippen LogP contribution in [-0.2, 0) is 11.3 Å². The van der Waals surface area contributed by atoms with Gasteiger partial charge in [0, 0.05) is 23.0 Å². The Labute approximate surface area is 173 Å². The van der Waals surface area contributed by atoms with Crippen LogP contribution in [0.3, 0.4) is 0 Å². The molecule has 0 N–H and O–H groups in total. The molecule has 1 aliphatic heterocycles. The topological polar surface area (TPSA) is 92.8 Å². The van der Waals surface area contributed by atoms with E-state index in [1.165, 1.54) is 6.07 Å². The van der Waals surface area contributed by atoms with Crippen molar-refractivity contribution in [3.05, 3.63) is 64.8 Å². The van der Waals surface area contributed by atoms with Crippen LogP contribution in [0.25, 0.3) is 0 Å². The van der Waals surface area contributed by atoms with Gasteiger partial charge in [0.25, 0.3) is 0 Å². The monoisotopic (exact) mass is 410 g/mol. The predicted octanol–water partition coefficient (Wildman–Crippen LogP) is 3.28. The summed E-state index contributed by atoms with van der Waals surface area (Å²) in [6, 6.07) is 10.8. The minimum atomic E-state index is -0.718. The largest absolute Gasteiger partial charge is 0.486 e. The molecule has 4 rings (SSSR count). The van der Waals surface area contributed by atoms with Crippen molar-refractivity contribution in [2.75, 3.05) is 13.2 Å². The van der Waals surface area contributed by atoms with E-state index in [0.29, 0.717) is 30.2 Å². The van der Waals surface area contributed by atoms with Crippen molar-refractivity contribution in [2.45, 2.75) is 33.4 Å². The summed E-state index contributed by atoms with van der Waals surface area (Å²) in [4.78, 5) is 24.6. The van der Waals surface area contributed by atoms with E-state index in [9.17, 15) is 9.59 Å². The lowest BCUT2D eigenvalue weighted by Crippen LogP contribution is -2.33. The van der Waals surface area contributed by atoms with Gasteiger partial charge in [0.1, 0.15) is 6.61 Å². The van der Waals surface area contributed by atoms with E-state index >= 15 is 0 Å². The summed E-state index contributed by atoms with van der Waals surface area (Å²) < 4.78 is 23.7. The highest BCUT2D eigenvalue weighted by molar-refractivity contribution is 6.00. The zero-order chi connectivity index (χ0) is 21.3. The van der Waals surface area contributed by atoms with Gasteiger partial charge in [0.05, 0.1) is 12.2 Å². The third-order valence-electron chi connectivity index (χ3n) is 4.99. The fraction of sp³-hybridized carbons (Fsp3) is 0.318. The number of ketones is 1. The number of fused-ring (bicyclic) bond motifs is 1. The number of aryl methyl sites for hydroxylation is 2. The number of carbonyl (C=O) groups excluding carboxylic acids is 2. The average Bonchev–Trinajstić information content (AvgIpc) is 3.30. The smallest absolute Gasteiger partial charge is 0.377 e. The van der Waals surface area contributed by atoms with Gasteiger partial charge >= 0.3 is 5.97 Å². The van der Waals surface area contributed by atoms with Gasteiger partial charge in [-0.15, -0.1) is 0 Å².